The van der Waals surface area contributed by atoms with Gasteiger partial charge in [0.25, 0.3) is 0 Å². The molecule has 3 N–H and O–H groups in total. The minimum atomic E-state index is -3.72. The second kappa shape index (κ2) is 7.03. The second-order valence-corrected chi connectivity index (χ2v) is 7.15. The van der Waals surface area contributed by atoms with Crippen LogP contribution in [0.3, 0.4) is 0 Å². The van der Waals surface area contributed by atoms with Crippen molar-refractivity contribution in [3.63, 3.8) is 0 Å². The maximum absolute atomic E-state index is 12.5. The Kier molecular flexibility index (Phi) is 5.34. The molecule has 6 heteroatoms. The average molecular weight is 307 g/mol. The van der Waals surface area contributed by atoms with E-state index in [2.05, 4.69) is 4.72 Å². The van der Waals surface area contributed by atoms with E-state index in [1.54, 1.807) is 12.1 Å². The SMILES string of the molecule is N#Cc1ccccc1S(=O)(=O)NC(CN)C1CCCCC1. The lowest BCUT2D eigenvalue weighted by Gasteiger charge is -2.29. The number of hydrogen-bond acceptors (Lipinski definition) is 4. The summed E-state index contributed by atoms with van der Waals surface area (Å²) in [4.78, 5) is 0.0294. The lowest BCUT2D eigenvalue weighted by molar-refractivity contribution is 0.294. The zero-order chi connectivity index (χ0) is 15.3. The lowest BCUT2D eigenvalue weighted by Crippen LogP contribution is -2.45. The Bertz CT molecular complexity index is 616. The van der Waals surface area contributed by atoms with Gasteiger partial charge in [-0.15, -0.1) is 0 Å². The van der Waals surface area contributed by atoms with Crippen molar-refractivity contribution < 1.29 is 8.42 Å². The van der Waals surface area contributed by atoms with Crippen LogP contribution in [0.1, 0.15) is 37.7 Å². The van der Waals surface area contributed by atoms with Crippen molar-refractivity contribution in [1.29, 1.82) is 5.26 Å². The molecule has 1 saturated carbocycles. The van der Waals surface area contributed by atoms with Gasteiger partial charge in [-0.3, -0.25) is 0 Å². The zero-order valence-electron chi connectivity index (χ0n) is 12.0. The largest absolute Gasteiger partial charge is 0.329 e. The maximum Gasteiger partial charge on any atom is 0.242 e. The summed E-state index contributed by atoms with van der Waals surface area (Å²) in [5.74, 6) is 0.285. The average Bonchev–Trinajstić information content (AvgIpc) is 2.53. The van der Waals surface area contributed by atoms with Gasteiger partial charge in [0, 0.05) is 12.6 Å². The quantitative estimate of drug-likeness (QED) is 0.866. The molecule has 0 spiro atoms. The van der Waals surface area contributed by atoms with E-state index in [-0.39, 0.29) is 29.0 Å². The monoisotopic (exact) mass is 307 g/mol. The molecule has 5 nitrogen and oxygen atoms in total. The number of nitrogens with zero attached hydrogens (tertiary/aromatic N) is 1. The van der Waals surface area contributed by atoms with Gasteiger partial charge in [-0.1, -0.05) is 31.4 Å². The fourth-order valence-corrected chi connectivity index (χ4v) is 4.40. The highest BCUT2D eigenvalue weighted by Crippen LogP contribution is 2.27. The Balaban J connectivity index is 2.21. The summed E-state index contributed by atoms with van der Waals surface area (Å²) in [5.41, 5.74) is 5.92. The van der Waals surface area contributed by atoms with Crippen LogP contribution in [-0.4, -0.2) is 21.0 Å². The fraction of sp³-hybridized carbons (Fsp3) is 0.533. The molecular weight excluding hydrogens is 286 g/mol. The van der Waals surface area contributed by atoms with Crippen LogP contribution < -0.4 is 10.5 Å². The normalized spacial score (nSPS) is 18.1. The molecule has 1 aliphatic carbocycles. The third-order valence-corrected chi connectivity index (χ3v) is 5.62. The van der Waals surface area contributed by atoms with Crippen LogP contribution in [0, 0.1) is 17.2 Å². The van der Waals surface area contributed by atoms with Crippen LogP contribution >= 0.6 is 0 Å². The highest BCUT2D eigenvalue weighted by molar-refractivity contribution is 7.89. The maximum atomic E-state index is 12.5. The first-order valence-corrected chi connectivity index (χ1v) is 8.78. The Labute approximate surface area is 126 Å². The van der Waals surface area contributed by atoms with E-state index < -0.39 is 10.0 Å². The van der Waals surface area contributed by atoms with E-state index >= 15 is 0 Å². The number of nitriles is 1. The number of sulfonamides is 1. The molecule has 0 aromatic heterocycles. The van der Waals surface area contributed by atoms with Crippen LogP contribution in [0.15, 0.2) is 29.2 Å². The number of rotatable bonds is 5. The van der Waals surface area contributed by atoms with Crippen molar-refractivity contribution >= 4 is 10.0 Å². The van der Waals surface area contributed by atoms with E-state index in [0.717, 1.165) is 25.7 Å². The number of nitrogens with one attached hydrogen (secondary N) is 1. The van der Waals surface area contributed by atoms with E-state index in [9.17, 15) is 8.42 Å². The standard InChI is InChI=1S/C15H21N3O2S/c16-10-13-8-4-5-9-15(13)21(19,20)18-14(11-17)12-6-2-1-3-7-12/h4-5,8-9,12,14,18H,1-3,6-7,11,17H2. The molecule has 1 aromatic carbocycles. The van der Waals surface area contributed by atoms with Gasteiger partial charge in [0.05, 0.1) is 10.5 Å². The molecule has 114 valence electrons. The van der Waals surface area contributed by atoms with Gasteiger partial charge in [-0.2, -0.15) is 5.26 Å². The molecule has 0 radical (unpaired) electrons. The van der Waals surface area contributed by atoms with Gasteiger partial charge < -0.3 is 5.73 Å². The van der Waals surface area contributed by atoms with E-state index in [1.807, 2.05) is 6.07 Å². The lowest BCUT2D eigenvalue weighted by atomic mass is 9.84. The summed E-state index contributed by atoms with van der Waals surface area (Å²) < 4.78 is 27.7. The van der Waals surface area contributed by atoms with Crippen molar-refractivity contribution in [2.24, 2.45) is 11.7 Å². The number of hydrogen-bond donors (Lipinski definition) is 2. The molecule has 1 fully saturated rings. The molecule has 1 aliphatic rings. The topological polar surface area (TPSA) is 96.0 Å². The number of nitrogens with two attached hydrogens (primary N) is 1. The first kappa shape index (κ1) is 16.0. The minimum absolute atomic E-state index is 0.0294. The van der Waals surface area contributed by atoms with Gasteiger partial charge in [0.2, 0.25) is 10.0 Å². The molecule has 0 saturated heterocycles. The van der Waals surface area contributed by atoms with Crippen LogP contribution in [0.5, 0.6) is 0 Å². The van der Waals surface area contributed by atoms with Crippen molar-refractivity contribution in [2.75, 3.05) is 6.54 Å². The second-order valence-electron chi connectivity index (χ2n) is 5.47. The summed E-state index contributed by atoms with van der Waals surface area (Å²) in [6.45, 7) is 0.276. The molecule has 1 aromatic rings. The molecule has 0 bridgehead atoms. The van der Waals surface area contributed by atoms with Gasteiger partial charge in [-0.05, 0) is 30.9 Å². The van der Waals surface area contributed by atoms with Crippen LogP contribution in [0.4, 0.5) is 0 Å². The number of benzene rings is 1. The fourth-order valence-electron chi connectivity index (χ4n) is 2.93. The van der Waals surface area contributed by atoms with Crippen LogP contribution in [-0.2, 0) is 10.0 Å². The van der Waals surface area contributed by atoms with Crippen LogP contribution in [0.25, 0.3) is 0 Å². The Morgan fingerprint density at radius 2 is 1.95 bits per heavy atom. The summed E-state index contributed by atoms with van der Waals surface area (Å²) >= 11 is 0. The van der Waals surface area contributed by atoms with Gasteiger partial charge >= 0.3 is 0 Å². The first-order valence-electron chi connectivity index (χ1n) is 7.30. The molecule has 2 rings (SSSR count). The van der Waals surface area contributed by atoms with E-state index in [1.165, 1.54) is 18.6 Å². The Morgan fingerprint density at radius 1 is 1.29 bits per heavy atom. The predicted octanol–water partition coefficient (Wildman–Crippen LogP) is 1.74. The highest BCUT2D eigenvalue weighted by Gasteiger charge is 2.28. The molecule has 1 atom stereocenters. The molecule has 0 aliphatic heterocycles. The Morgan fingerprint density at radius 3 is 2.57 bits per heavy atom. The first-order chi connectivity index (χ1) is 10.1. The molecule has 21 heavy (non-hydrogen) atoms. The van der Waals surface area contributed by atoms with E-state index in [4.69, 9.17) is 11.0 Å². The Hall–Kier alpha value is -1.42. The van der Waals surface area contributed by atoms with Crippen LogP contribution in [0.2, 0.25) is 0 Å². The summed E-state index contributed by atoms with van der Waals surface area (Å²) in [5, 5.41) is 9.05. The smallest absolute Gasteiger partial charge is 0.242 e. The minimum Gasteiger partial charge on any atom is -0.329 e. The molecule has 0 heterocycles. The third-order valence-electron chi connectivity index (χ3n) is 4.08. The summed E-state index contributed by atoms with van der Waals surface area (Å²) in [6, 6.07) is 7.89. The zero-order valence-corrected chi connectivity index (χ0v) is 12.8. The van der Waals surface area contributed by atoms with Gasteiger partial charge in [0.1, 0.15) is 6.07 Å². The van der Waals surface area contributed by atoms with Crippen molar-refractivity contribution in [3.8, 4) is 6.07 Å². The molecule has 0 amide bonds. The molecular formula is C15H21N3O2S. The molecule has 1 unspecified atom stereocenters. The van der Waals surface area contributed by atoms with E-state index in [0.29, 0.717) is 0 Å². The van der Waals surface area contributed by atoms with Gasteiger partial charge in [-0.25, -0.2) is 13.1 Å². The van der Waals surface area contributed by atoms with Gasteiger partial charge in [0.15, 0.2) is 0 Å². The van der Waals surface area contributed by atoms with Crippen molar-refractivity contribution in [3.05, 3.63) is 29.8 Å². The summed E-state index contributed by atoms with van der Waals surface area (Å²) in [6.07, 6.45) is 5.46. The van der Waals surface area contributed by atoms with Crippen molar-refractivity contribution in [2.45, 2.75) is 43.0 Å². The predicted molar refractivity (Wildman–Crippen MR) is 80.9 cm³/mol. The van der Waals surface area contributed by atoms with Crippen molar-refractivity contribution in [1.82, 2.24) is 4.72 Å². The summed E-state index contributed by atoms with van der Waals surface area (Å²) in [7, 11) is -3.72. The highest BCUT2D eigenvalue weighted by atomic mass is 32.2. The third kappa shape index (κ3) is 3.82.